The summed E-state index contributed by atoms with van der Waals surface area (Å²) < 4.78 is 7.23. The molecule has 4 heteroatoms. The second-order valence-electron chi connectivity index (χ2n) is 4.53. The van der Waals surface area contributed by atoms with Crippen molar-refractivity contribution in [3.63, 3.8) is 0 Å². The van der Waals surface area contributed by atoms with E-state index in [1.807, 2.05) is 23.0 Å². The van der Waals surface area contributed by atoms with E-state index in [-0.39, 0.29) is 0 Å². The fourth-order valence-corrected chi connectivity index (χ4v) is 2.10. The Balaban J connectivity index is 1.90. The summed E-state index contributed by atoms with van der Waals surface area (Å²) in [5.74, 6) is 0.897. The maximum atomic E-state index is 5.22. The number of hydrogen-bond acceptors (Lipinski definition) is 3. The van der Waals surface area contributed by atoms with Crippen LogP contribution in [-0.2, 0) is 19.6 Å². The van der Waals surface area contributed by atoms with Crippen LogP contribution in [0.2, 0.25) is 0 Å². The molecule has 0 atom stereocenters. The van der Waals surface area contributed by atoms with Crippen molar-refractivity contribution in [2.75, 3.05) is 7.11 Å². The molecule has 1 N–H and O–H groups in total. The summed E-state index contributed by atoms with van der Waals surface area (Å²) in [4.78, 5) is 0. The van der Waals surface area contributed by atoms with Gasteiger partial charge in [0.05, 0.1) is 13.3 Å². The standard InChI is InChI=1S/C15H21N3O/c1-4-18-12(2)14(11-17-18)10-16-9-13-6-5-7-15(8-13)19-3/h5-8,11,16H,4,9-10H2,1-3H3. The smallest absolute Gasteiger partial charge is 0.119 e. The van der Waals surface area contributed by atoms with Crippen LogP contribution in [0.25, 0.3) is 0 Å². The highest BCUT2D eigenvalue weighted by Gasteiger charge is 2.04. The van der Waals surface area contributed by atoms with E-state index < -0.39 is 0 Å². The summed E-state index contributed by atoms with van der Waals surface area (Å²) in [5, 5.41) is 7.78. The molecule has 19 heavy (non-hydrogen) atoms. The third-order valence-electron chi connectivity index (χ3n) is 3.28. The topological polar surface area (TPSA) is 39.1 Å². The minimum absolute atomic E-state index is 0.827. The largest absolute Gasteiger partial charge is 0.497 e. The Kier molecular flexibility index (Phi) is 4.58. The first-order valence-electron chi connectivity index (χ1n) is 6.59. The lowest BCUT2D eigenvalue weighted by molar-refractivity contribution is 0.414. The van der Waals surface area contributed by atoms with Gasteiger partial charge in [-0.15, -0.1) is 0 Å². The van der Waals surface area contributed by atoms with Gasteiger partial charge in [-0.1, -0.05) is 12.1 Å². The van der Waals surface area contributed by atoms with Crippen molar-refractivity contribution >= 4 is 0 Å². The Bertz CT molecular complexity index is 534. The van der Waals surface area contributed by atoms with Crippen molar-refractivity contribution in [2.45, 2.75) is 33.5 Å². The highest BCUT2D eigenvalue weighted by molar-refractivity contribution is 5.28. The number of methoxy groups -OCH3 is 1. The van der Waals surface area contributed by atoms with Crippen molar-refractivity contribution in [1.29, 1.82) is 0 Å². The van der Waals surface area contributed by atoms with Crippen LogP contribution in [0.15, 0.2) is 30.5 Å². The Morgan fingerprint density at radius 3 is 2.84 bits per heavy atom. The van der Waals surface area contributed by atoms with Crippen LogP contribution in [0.4, 0.5) is 0 Å². The number of ether oxygens (including phenoxy) is 1. The zero-order valence-electron chi connectivity index (χ0n) is 11.8. The molecule has 0 spiro atoms. The molecule has 0 unspecified atom stereocenters. The highest BCUT2D eigenvalue weighted by Crippen LogP contribution is 2.12. The number of nitrogens with one attached hydrogen (secondary N) is 1. The molecule has 0 aliphatic carbocycles. The number of rotatable bonds is 6. The first kappa shape index (κ1) is 13.6. The summed E-state index contributed by atoms with van der Waals surface area (Å²) >= 11 is 0. The normalized spacial score (nSPS) is 10.7. The van der Waals surface area contributed by atoms with Crippen LogP contribution in [0.3, 0.4) is 0 Å². The number of aromatic nitrogens is 2. The average Bonchev–Trinajstić information content (AvgIpc) is 2.80. The first-order chi connectivity index (χ1) is 9.24. The molecule has 0 aliphatic rings. The molecule has 0 bridgehead atoms. The molecule has 0 saturated carbocycles. The van der Waals surface area contributed by atoms with E-state index in [4.69, 9.17) is 4.74 Å². The molecule has 0 amide bonds. The maximum Gasteiger partial charge on any atom is 0.119 e. The highest BCUT2D eigenvalue weighted by atomic mass is 16.5. The summed E-state index contributed by atoms with van der Waals surface area (Å²) in [6.45, 7) is 6.80. The average molecular weight is 259 g/mol. The quantitative estimate of drug-likeness (QED) is 0.866. The summed E-state index contributed by atoms with van der Waals surface area (Å²) in [5.41, 5.74) is 3.71. The van der Waals surface area contributed by atoms with E-state index in [2.05, 4.69) is 36.4 Å². The summed E-state index contributed by atoms with van der Waals surface area (Å²) in [6, 6.07) is 8.11. The van der Waals surface area contributed by atoms with Crippen LogP contribution in [0.1, 0.15) is 23.7 Å². The van der Waals surface area contributed by atoms with Gasteiger partial charge in [0, 0.05) is 30.9 Å². The van der Waals surface area contributed by atoms with Crippen LogP contribution < -0.4 is 10.1 Å². The molecule has 1 aromatic carbocycles. The number of benzene rings is 1. The summed E-state index contributed by atoms with van der Waals surface area (Å²) in [7, 11) is 1.69. The second-order valence-corrected chi connectivity index (χ2v) is 4.53. The van der Waals surface area contributed by atoms with Gasteiger partial charge in [0.1, 0.15) is 5.75 Å². The molecule has 2 aromatic rings. The van der Waals surface area contributed by atoms with Gasteiger partial charge in [0.2, 0.25) is 0 Å². The van der Waals surface area contributed by atoms with Crippen molar-refractivity contribution in [1.82, 2.24) is 15.1 Å². The van der Waals surface area contributed by atoms with E-state index in [1.54, 1.807) is 7.11 Å². The zero-order chi connectivity index (χ0) is 13.7. The molecular formula is C15H21N3O. The van der Waals surface area contributed by atoms with Crippen molar-refractivity contribution in [2.24, 2.45) is 0 Å². The Morgan fingerprint density at radius 1 is 1.32 bits per heavy atom. The minimum Gasteiger partial charge on any atom is -0.497 e. The van der Waals surface area contributed by atoms with Crippen LogP contribution in [-0.4, -0.2) is 16.9 Å². The van der Waals surface area contributed by atoms with Gasteiger partial charge in [0.25, 0.3) is 0 Å². The third-order valence-corrected chi connectivity index (χ3v) is 3.28. The lowest BCUT2D eigenvalue weighted by atomic mass is 10.2. The molecule has 0 radical (unpaired) electrons. The SMILES string of the molecule is CCn1ncc(CNCc2cccc(OC)c2)c1C. The molecule has 2 rings (SSSR count). The third kappa shape index (κ3) is 3.35. The van der Waals surface area contributed by atoms with Gasteiger partial charge in [0.15, 0.2) is 0 Å². The van der Waals surface area contributed by atoms with Gasteiger partial charge in [-0.25, -0.2) is 0 Å². The predicted octanol–water partition coefficient (Wildman–Crippen LogP) is 2.51. The first-order valence-corrected chi connectivity index (χ1v) is 6.59. The Hall–Kier alpha value is -1.81. The Morgan fingerprint density at radius 2 is 2.16 bits per heavy atom. The van der Waals surface area contributed by atoms with E-state index in [9.17, 15) is 0 Å². The van der Waals surface area contributed by atoms with Gasteiger partial charge in [-0.05, 0) is 31.5 Å². The predicted molar refractivity (Wildman–Crippen MR) is 76.2 cm³/mol. The van der Waals surface area contributed by atoms with Gasteiger partial charge < -0.3 is 10.1 Å². The molecule has 0 saturated heterocycles. The molecule has 0 fully saturated rings. The summed E-state index contributed by atoms with van der Waals surface area (Å²) in [6.07, 6.45) is 1.94. The minimum atomic E-state index is 0.827. The molecule has 1 aromatic heterocycles. The monoisotopic (exact) mass is 259 g/mol. The number of hydrogen-bond donors (Lipinski definition) is 1. The van der Waals surface area contributed by atoms with Crippen LogP contribution in [0, 0.1) is 6.92 Å². The number of aryl methyl sites for hydroxylation is 1. The fourth-order valence-electron chi connectivity index (χ4n) is 2.10. The number of nitrogens with zero attached hydrogens (tertiary/aromatic N) is 2. The van der Waals surface area contributed by atoms with Gasteiger partial charge in [-0.3, -0.25) is 4.68 Å². The molecule has 0 aliphatic heterocycles. The molecule has 4 nitrogen and oxygen atoms in total. The van der Waals surface area contributed by atoms with E-state index in [0.717, 1.165) is 25.4 Å². The lowest BCUT2D eigenvalue weighted by Crippen LogP contribution is -2.13. The van der Waals surface area contributed by atoms with E-state index >= 15 is 0 Å². The molecule has 1 heterocycles. The van der Waals surface area contributed by atoms with Crippen molar-refractivity contribution < 1.29 is 4.74 Å². The van der Waals surface area contributed by atoms with Gasteiger partial charge >= 0.3 is 0 Å². The Labute approximate surface area is 114 Å². The lowest BCUT2D eigenvalue weighted by Gasteiger charge is -2.07. The van der Waals surface area contributed by atoms with E-state index in [0.29, 0.717) is 0 Å². The van der Waals surface area contributed by atoms with Crippen molar-refractivity contribution in [3.05, 3.63) is 47.3 Å². The van der Waals surface area contributed by atoms with Crippen molar-refractivity contribution in [3.8, 4) is 5.75 Å². The zero-order valence-corrected chi connectivity index (χ0v) is 11.8. The molecular weight excluding hydrogens is 238 g/mol. The fraction of sp³-hybridized carbons (Fsp3) is 0.400. The van der Waals surface area contributed by atoms with Crippen LogP contribution in [0.5, 0.6) is 5.75 Å². The van der Waals surface area contributed by atoms with E-state index in [1.165, 1.54) is 16.8 Å². The molecule has 102 valence electrons. The second kappa shape index (κ2) is 6.38. The maximum absolute atomic E-state index is 5.22. The van der Waals surface area contributed by atoms with Gasteiger partial charge in [-0.2, -0.15) is 5.10 Å². The van der Waals surface area contributed by atoms with Crippen LogP contribution >= 0.6 is 0 Å².